The Morgan fingerprint density at radius 2 is 2.07 bits per heavy atom. The Bertz CT molecular complexity index is 470. The molecule has 0 fully saturated rings. The van der Waals surface area contributed by atoms with Gasteiger partial charge in [0.2, 0.25) is 9.05 Å². The van der Waals surface area contributed by atoms with Crippen LogP contribution in [0.4, 0.5) is 0 Å². The first-order valence-electron chi connectivity index (χ1n) is 4.09. The van der Waals surface area contributed by atoms with Crippen LogP contribution < -0.4 is 4.74 Å². The Hall–Kier alpha value is -0.260. The summed E-state index contributed by atoms with van der Waals surface area (Å²) in [6, 6.07) is 3.59. The molecule has 6 heteroatoms. The lowest BCUT2D eigenvalue weighted by atomic mass is 10.1. The Labute approximate surface area is 102 Å². The smallest absolute Gasteiger partial charge is 0.236 e. The van der Waals surface area contributed by atoms with Crippen LogP contribution in [0.3, 0.4) is 0 Å². The number of hydrogen-bond donors (Lipinski definition) is 0. The summed E-state index contributed by atoms with van der Waals surface area (Å²) in [5.41, 5.74) is 1.50. The van der Waals surface area contributed by atoms with Gasteiger partial charge in [-0.1, -0.05) is 6.07 Å². The van der Waals surface area contributed by atoms with E-state index in [4.69, 9.17) is 15.4 Å². The van der Waals surface area contributed by atoms with E-state index in [0.717, 1.165) is 10.0 Å². The molecule has 0 aliphatic rings. The highest BCUT2D eigenvalue weighted by Gasteiger charge is 2.14. The Balaban J connectivity index is 3.27. The Morgan fingerprint density at radius 3 is 2.53 bits per heavy atom. The minimum Gasteiger partial charge on any atom is -0.495 e. The number of hydrogen-bond acceptors (Lipinski definition) is 3. The van der Waals surface area contributed by atoms with Crippen LogP contribution in [0, 0.1) is 6.92 Å². The van der Waals surface area contributed by atoms with E-state index in [1.54, 1.807) is 6.07 Å². The van der Waals surface area contributed by atoms with Crippen LogP contribution in [0.15, 0.2) is 16.6 Å². The van der Waals surface area contributed by atoms with Crippen LogP contribution in [-0.2, 0) is 14.8 Å². The van der Waals surface area contributed by atoms with Crippen molar-refractivity contribution < 1.29 is 13.2 Å². The van der Waals surface area contributed by atoms with Crippen LogP contribution in [0.5, 0.6) is 5.75 Å². The third-order valence-electron chi connectivity index (χ3n) is 1.80. The van der Waals surface area contributed by atoms with Gasteiger partial charge < -0.3 is 4.74 Å². The molecule has 0 atom stereocenters. The maximum absolute atomic E-state index is 11.0. The minimum absolute atomic E-state index is 0.238. The highest BCUT2D eigenvalue weighted by Crippen LogP contribution is 2.32. The van der Waals surface area contributed by atoms with Crippen molar-refractivity contribution in [2.45, 2.75) is 12.7 Å². The fraction of sp³-hybridized carbons (Fsp3) is 0.333. The summed E-state index contributed by atoms with van der Waals surface area (Å²) in [5, 5.41) is 0. The summed E-state index contributed by atoms with van der Waals surface area (Å²) in [6.45, 7) is 1.87. The first-order valence-corrected chi connectivity index (χ1v) is 7.36. The summed E-state index contributed by atoms with van der Waals surface area (Å²) < 4.78 is 27.8. The third-order valence-corrected chi connectivity index (χ3v) is 3.37. The fourth-order valence-electron chi connectivity index (χ4n) is 1.32. The van der Waals surface area contributed by atoms with Crippen LogP contribution in [0.1, 0.15) is 11.1 Å². The molecule has 0 aliphatic carbocycles. The summed E-state index contributed by atoms with van der Waals surface area (Å²) in [6.07, 6.45) is 0. The van der Waals surface area contributed by atoms with Crippen molar-refractivity contribution in [3.05, 3.63) is 27.7 Å². The van der Waals surface area contributed by atoms with Gasteiger partial charge in [-0.25, -0.2) is 8.42 Å². The van der Waals surface area contributed by atoms with Crippen molar-refractivity contribution in [3.8, 4) is 5.75 Å². The van der Waals surface area contributed by atoms with Gasteiger partial charge >= 0.3 is 0 Å². The van der Waals surface area contributed by atoms with Crippen molar-refractivity contribution in [1.29, 1.82) is 0 Å². The van der Waals surface area contributed by atoms with Crippen molar-refractivity contribution >= 4 is 35.7 Å². The lowest BCUT2D eigenvalue weighted by Crippen LogP contribution is -2.00. The molecule has 0 aromatic heterocycles. The van der Waals surface area contributed by atoms with E-state index in [1.807, 2.05) is 13.0 Å². The SMILES string of the molecule is COc1c(Br)cc(C)cc1CS(=O)(=O)Cl. The molecular formula is C9H10BrClO3S. The molecule has 84 valence electrons. The quantitative estimate of drug-likeness (QED) is 0.806. The number of rotatable bonds is 3. The predicted octanol–water partition coefficient (Wildman–Crippen LogP) is 2.83. The van der Waals surface area contributed by atoms with Gasteiger partial charge in [-0.2, -0.15) is 0 Å². The Morgan fingerprint density at radius 1 is 1.47 bits per heavy atom. The van der Waals surface area contributed by atoms with E-state index < -0.39 is 9.05 Å². The molecule has 0 radical (unpaired) electrons. The van der Waals surface area contributed by atoms with Gasteiger partial charge in [0.05, 0.1) is 17.3 Å². The van der Waals surface area contributed by atoms with E-state index >= 15 is 0 Å². The zero-order valence-corrected chi connectivity index (χ0v) is 11.4. The lowest BCUT2D eigenvalue weighted by molar-refractivity contribution is 0.408. The van der Waals surface area contributed by atoms with E-state index in [0.29, 0.717) is 11.3 Å². The second kappa shape index (κ2) is 4.72. The molecule has 0 spiro atoms. The van der Waals surface area contributed by atoms with Crippen molar-refractivity contribution in [3.63, 3.8) is 0 Å². The van der Waals surface area contributed by atoms with Gasteiger partial charge in [-0.05, 0) is 34.5 Å². The number of methoxy groups -OCH3 is 1. The van der Waals surface area contributed by atoms with Gasteiger partial charge in [-0.3, -0.25) is 0 Å². The molecule has 1 aromatic carbocycles. The number of ether oxygens (including phenoxy) is 1. The first-order chi connectivity index (χ1) is 6.83. The topological polar surface area (TPSA) is 43.4 Å². The second-order valence-corrected chi connectivity index (χ2v) is 6.75. The van der Waals surface area contributed by atoms with E-state index in [1.165, 1.54) is 7.11 Å². The molecule has 0 unspecified atom stereocenters. The standard InChI is InChI=1S/C9H10BrClO3S/c1-6-3-7(5-15(11,12)13)9(14-2)8(10)4-6/h3-4H,5H2,1-2H3. The van der Waals surface area contributed by atoms with Gasteiger partial charge in [-0.15, -0.1) is 0 Å². The maximum atomic E-state index is 11.0. The van der Waals surface area contributed by atoms with Crippen LogP contribution in [0.25, 0.3) is 0 Å². The molecule has 0 heterocycles. The molecule has 0 amide bonds. The molecule has 0 bridgehead atoms. The highest BCUT2D eigenvalue weighted by molar-refractivity contribution is 9.10. The summed E-state index contributed by atoms with van der Waals surface area (Å²) in [7, 11) is 3.12. The molecule has 0 aliphatic heterocycles. The molecular weight excluding hydrogens is 304 g/mol. The Kier molecular flexibility index (Phi) is 4.03. The van der Waals surface area contributed by atoms with E-state index in [-0.39, 0.29) is 5.75 Å². The van der Waals surface area contributed by atoms with Gasteiger partial charge in [0.25, 0.3) is 0 Å². The predicted molar refractivity (Wildman–Crippen MR) is 63.9 cm³/mol. The van der Waals surface area contributed by atoms with Crippen molar-refractivity contribution in [2.75, 3.05) is 7.11 Å². The van der Waals surface area contributed by atoms with Gasteiger partial charge in [0, 0.05) is 16.2 Å². The second-order valence-electron chi connectivity index (χ2n) is 3.12. The number of aryl methyl sites for hydroxylation is 1. The summed E-state index contributed by atoms with van der Waals surface area (Å²) in [5.74, 6) is 0.266. The first kappa shape index (κ1) is 12.8. The molecule has 0 saturated carbocycles. The van der Waals surface area contributed by atoms with Crippen LogP contribution in [0.2, 0.25) is 0 Å². The summed E-state index contributed by atoms with van der Waals surface area (Å²) in [4.78, 5) is 0. The zero-order chi connectivity index (χ0) is 11.6. The van der Waals surface area contributed by atoms with E-state index in [2.05, 4.69) is 15.9 Å². The fourth-order valence-corrected chi connectivity index (χ4v) is 3.04. The molecule has 0 N–H and O–H groups in total. The lowest BCUT2D eigenvalue weighted by Gasteiger charge is -2.10. The molecule has 3 nitrogen and oxygen atoms in total. The monoisotopic (exact) mass is 312 g/mol. The van der Waals surface area contributed by atoms with Crippen molar-refractivity contribution in [1.82, 2.24) is 0 Å². The molecule has 15 heavy (non-hydrogen) atoms. The highest BCUT2D eigenvalue weighted by atomic mass is 79.9. The van der Waals surface area contributed by atoms with Crippen molar-refractivity contribution in [2.24, 2.45) is 0 Å². The normalized spacial score (nSPS) is 11.5. The number of halogens is 2. The molecule has 1 rings (SSSR count). The minimum atomic E-state index is -3.57. The largest absolute Gasteiger partial charge is 0.495 e. The van der Waals surface area contributed by atoms with Crippen LogP contribution in [-0.4, -0.2) is 15.5 Å². The average Bonchev–Trinajstić information content (AvgIpc) is 1.99. The third kappa shape index (κ3) is 3.66. The number of benzene rings is 1. The molecule has 1 aromatic rings. The molecule has 0 saturated heterocycles. The maximum Gasteiger partial charge on any atom is 0.236 e. The summed E-state index contributed by atoms with van der Waals surface area (Å²) >= 11 is 3.30. The average molecular weight is 314 g/mol. The van der Waals surface area contributed by atoms with Crippen LogP contribution >= 0.6 is 26.6 Å². The van der Waals surface area contributed by atoms with E-state index in [9.17, 15) is 8.42 Å². The zero-order valence-electron chi connectivity index (χ0n) is 8.25. The van der Waals surface area contributed by atoms with Gasteiger partial charge in [0.1, 0.15) is 5.75 Å². The van der Waals surface area contributed by atoms with Gasteiger partial charge in [0.15, 0.2) is 0 Å².